The van der Waals surface area contributed by atoms with Gasteiger partial charge in [0.15, 0.2) is 0 Å². The Morgan fingerprint density at radius 2 is 1.89 bits per heavy atom. The van der Waals surface area contributed by atoms with Crippen molar-refractivity contribution in [3.63, 3.8) is 0 Å². The molecule has 0 heterocycles. The molecule has 2 aromatic rings. The predicted molar refractivity (Wildman–Crippen MR) is 78.4 cm³/mol. The SMILES string of the molecule is CC(Oc1ccc2c(c1)CCC2)c1cccc(N)c1. The highest BCUT2D eigenvalue weighted by Gasteiger charge is 2.13. The summed E-state index contributed by atoms with van der Waals surface area (Å²) >= 11 is 0. The number of ether oxygens (including phenoxy) is 1. The molecule has 2 heteroatoms. The summed E-state index contributed by atoms with van der Waals surface area (Å²) in [5, 5.41) is 0. The number of hydrogen-bond donors (Lipinski definition) is 1. The van der Waals surface area contributed by atoms with Crippen LogP contribution in [-0.2, 0) is 12.8 Å². The van der Waals surface area contributed by atoms with Crippen molar-refractivity contribution in [2.75, 3.05) is 5.73 Å². The van der Waals surface area contributed by atoms with Crippen LogP contribution in [0.2, 0.25) is 0 Å². The Labute approximate surface area is 114 Å². The number of nitrogen functional groups attached to an aromatic ring is 1. The Balaban J connectivity index is 1.77. The molecule has 19 heavy (non-hydrogen) atoms. The fraction of sp³-hybridized carbons (Fsp3) is 0.294. The van der Waals surface area contributed by atoms with Gasteiger partial charge in [0.1, 0.15) is 11.9 Å². The second-order valence-corrected chi connectivity index (χ2v) is 5.21. The Hall–Kier alpha value is -1.96. The molecule has 0 fully saturated rings. The lowest BCUT2D eigenvalue weighted by Gasteiger charge is -2.16. The van der Waals surface area contributed by atoms with E-state index in [2.05, 4.69) is 25.1 Å². The monoisotopic (exact) mass is 253 g/mol. The minimum atomic E-state index is 0.0166. The number of hydrogen-bond acceptors (Lipinski definition) is 2. The van der Waals surface area contributed by atoms with Crippen LogP contribution in [0, 0.1) is 0 Å². The maximum Gasteiger partial charge on any atom is 0.121 e. The molecule has 2 aromatic carbocycles. The lowest BCUT2D eigenvalue weighted by atomic mass is 10.1. The summed E-state index contributed by atoms with van der Waals surface area (Å²) in [5.74, 6) is 0.954. The molecule has 2 N–H and O–H groups in total. The van der Waals surface area contributed by atoms with Gasteiger partial charge < -0.3 is 10.5 Å². The zero-order valence-electron chi connectivity index (χ0n) is 11.2. The van der Waals surface area contributed by atoms with Crippen molar-refractivity contribution in [3.05, 3.63) is 59.2 Å². The maximum atomic E-state index is 6.03. The summed E-state index contributed by atoms with van der Waals surface area (Å²) in [6.07, 6.45) is 3.67. The van der Waals surface area contributed by atoms with Crippen LogP contribution in [-0.4, -0.2) is 0 Å². The molecular weight excluding hydrogens is 234 g/mol. The summed E-state index contributed by atoms with van der Waals surface area (Å²) in [7, 11) is 0. The van der Waals surface area contributed by atoms with Crippen LogP contribution in [0.1, 0.15) is 36.1 Å². The minimum Gasteiger partial charge on any atom is -0.486 e. The normalized spacial score (nSPS) is 15.0. The topological polar surface area (TPSA) is 35.2 Å². The van der Waals surface area contributed by atoms with Crippen molar-refractivity contribution in [1.82, 2.24) is 0 Å². The third-order valence-electron chi connectivity index (χ3n) is 3.76. The molecule has 2 nitrogen and oxygen atoms in total. The lowest BCUT2D eigenvalue weighted by molar-refractivity contribution is 0.227. The smallest absolute Gasteiger partial charge is 0.121 e. The van der Waals surface area contributed by atoms with E-state index in [1.165, 1.54) is 30.4 Å². The largest absolute Gasteiger partial charge is 0.486 e. The van der Waals surface area contributed by atoms with Crippen LogP contribution in [0.15, 0.2) is 42.5 Å². The van der Waals surface area contributed by atoms with Gasteiger partial charge in [-0.25, -0.2) is 0 Å². The highest BCUT2D eigenvalue weighted by molar-refractivity contribution is 5.42. The standard InChI is InChI=1S/C17H19NO/c1-12(14-5-3-7-16(18)10-14)19-17-9-8-13-4-2-6-15(13)11-17/h3,5,7-12H,2,4,6,18H2,1H3. The number of nitrogens with two attached hydrogens (primary N) is 1. The first-order chi connectivity index (χ1) is 9.22. The van der Waals surface area contributed by atoms with E-state index >= 15 is 0 Å². The molecule has 1 unspecified atom stereocenters. The number of rotatable bonds is 3. The van der Waals surface area contributed by atoms with E-state index < -0.39 is 0 Å². The van der Waals surface area contributed by atoms with E-state index in [1.807, 2.05) is 24.3 Å². The van der Waals surface area contributed by atoms with Crippen molar-refractivity contribution in [2.45, 2.75) is 32.3 Å². The molecule has 0 spiro atoms. The quantitative estimate of drug-likeness (QED) is 0.842. The predicted octanol–water partition coefficient (Wildman–Crippen LogP) is 3.90. The number of aryl methyl sites for hydroxylation is 2. The van der Waals surface area contributed by atoms with Gasteiger partial charge >= 0.3 is 0 Å². The molecule has 0 radical (unpaired) electrons. The molecule has 98 valence electrons. The molecule has 1 aliphatic carbocycles. The summed E-state index contributed by atoms with van der Waals surface area (Å²) in [5.41, 5.74) is 10.6. The highest BCUT2D eigenvalue weighted by Crippen LogP contribution is 2.29. The van der Waals surface area contributed by atoms with Crippen molar-refractivity contribution < 1.29 is 4.74 Å². The number of benzene rings is 2. The average molecular weight is 253 g/mol. The van der Waals surface area contributed by atoms with Crippen molar-refractivity contribution in [2.24, 2.45) is 0 Å². The number of anilines is 1. The van der Waals surface area contributed by atoms with Crippen LogP contribution in [0.25, 0.3) is 0 Å². The van der Waals surface area contributed by atoms with Gasteiger partial charge in [-0.3, -0.25) is 0 Å². The molecular formula is C17H19NO. The van der Waals surface area contributed by atoms with Gasteiger partial charge in [-0.15, -0.1) is 0 Å². The zero-order chi connectivity index (χ0) is 13.2. The van der Waals surface area contributed by atoms with Crippen molar-refractivity contribution in [1.29, 1.82) is 0 Å². The number of fused-ring (bicyclic) bond motifs is 1. The lowest BCUT2D eigenvalue weighted by Crippen LogP contribution is -2.04. The molecule has 1 aliphatic rings. The van der Waals surface area contributed by atoms with Gasteiger partial charge in [-0.2, -0.15) is 0 Å². The van der Waals surface area contributed by atoms with E-state index in [4.69, 9.17) is 10.5 Å². The molecule has 0 aromatic heterocycles. The van der Waals surface area contributed by atoms with E-state index in [-0.39, 0.29) is 6.10 Å². The molecule has 0 bridgehead atoms. The van der Waals surface area contributed by atoms with Gasteiger partial charge in [-0.1, -0.05) is 18.2 Å². The van der Waals surface area contributed by atoms with E-state index in [0.29, 0.717) is 0 Å². The minimum absolute atomic E-state index is 0.0166. The Bertz CT molecular complexity index is 592. The molecule has 0 aliphatic heterocycles. The summed E-state index contributed by atoms with van der Waals surface area (Å²) in [6.45, 7) is 2.06. The fourth-order valence-corrected chi connectivity index (χ4v) is 2.71. The Morgan fingerprint density at radius 1 is 1.05 bits per heavy atom. The van der Waals surface area contributed by atoms with E-state index in [9.17, 15) is 0 Å². The van der Waals surface area contributed by atoms with Gasteiger partial charge in [0.25, 0.3) is 0 Å². The van der Waals surface area contributed by atoms with Crippen LogP contribution in [0.4, 0.5) is 5.69 Å². The van der Waals surface area contributed by atoms with E-state index in [1.54, 1.807) is 0 Å². The molecule has 0 saturated heterocycles. The second kappa shape index (κ2) is 4.96. The molecule has 0 amide bonds. The van der Waals surface area contributed by atoms with Crippen LogP contribution in [0.5, 0.6) is 5.75 Å². The molecule has 0 saturated carbocycles. The molecule has 3 rings (SSSR count). The summed E-state index contributed by atoms with van der Waals surface area (Å²) in [6, 6.07) is 14.3. The van der Waals surface area contributed by atoms with Gasteiger partial charge in [0.2, 0.25) is 0 Å². The van der Waals surface area contributed by atoms with Gasteiger partial charge in [0, 0.05) is 5.69 Å². The van der Waals surface area contributed by atoms with Crippen molar-refractivity contribution in [3.8, 4) is 5.75 Å². The van der Waals surface area contributed by atoms with Crippen LogP contribution in [0.3, 0.4) is 0 Å². The van der Waals surface area contributed by atoms with Crippen molar-refractivity contribution >= 4 is 5.69 Å². The fourth-order valence-electron chi connectivity index (χ4n) is 2.71. The Kier molecular flexibility index (Phi) is 3.16. The summed E-state index contributed by atoms with van der Waals surface area (Å²) < 4.78 is 6.03. The average Bonchev–Trinajstić information content (AvgIpc) is 2.86. The third kappa shape index (κ3) is 2.58. The van der Waals surface area contributed by atoms with Crippen LogP contribution >= 0.6 is 0 Å². The Morgan fingerprint density at radius 3 is 2.74 bits per heavy atom. The van der Waals surface area contributed by atoms with Crippen LogP contribution < -0.4 is 10.5 Å². The first kappa shape index (κ1) is 12.1. The van der Waals surface area contributed by atoms with Gasteiger partial charge in [0.05, 0.1) is 0 Å². The third-order valence-corrected chi connectivity index (χ3v) is 3.76. The first-order valence-electron chi connectivity index (χ1n) is 6.86. The summed E-state index contributed by atoms with van der Waals surface area (Å²) in [4.78, 5) is 0. The van der Waals surface area contributed by atoms with E-state index in [0.717, 1.165) is 17.0 Å². The zero-order valence-corrected chi connectivity index (χ0v) is 11.2. The maximum absolute atomic E-state index is 6.03. The van der Waals surface area contributed by atoms with Gasteiger partial charge in [-0.05, 0) is 67.1 Å². The molecule has 1 atom stereocenters. The highest BCUT2D eigenvalue weighted by atomic mass is 16.5. The first-order valence-corrected chi connectivity index (χ1v) is 6.86. The second-order valence-electron chi connectivity index (χ2n) is 5.21.